The summed E-state index contributed by atoms with van der Waals surface area (Å²) >= 11 is 0. The number of carbonyl (C=O) groups is 2. The lowest BCUT2D eigenvalue weighted by Crippen LogP contribution is -2.48. The van der Waals surface area contributed by atoms with Crippen LogP contribution in [0.5, 0.6) is 0 Å². The first-order chi connectivity index (χ1) is 11.7. The molecule has 1 aromatic rings. The minimum absolute atomic E-state index is 0.0816. The molecular weight excluding hydrogens is 302 g/mol. The summed E-state index contributed by atoms with van der Waals surface area (Å²) in [5.41, 5.74) is 1.02. The highest BCUT2D eigenvalue weighted by atomic mass is 16.2. The monoisotopic (exact) mass is 327 g/mol. The molecule has 0 saturated carbocycles. The maximum atomic E-state index is 13.0. The highest BCUT2D eigenvalue weighted by Crippen LogP contribution is 2.29. The van der Waals surface area contributed by atoms with Gasteiger partial charge in [0.05, 0.1) is 6.42 Å². The van der Waals surface area contributed by atoms with Crippen molar-refractivity contribution in [3.05, 3.63) is 35.9 Å². The van der Waals surface area contributed by atoms with E-state index < -0.39 is 0 Å². The van der Waals surface area contributed by atoms with Crippen LogP contribution < -0.4 is 5.32 Å². The predicted octanol–water partition coefficient (Wildman–Crippen LogP) is 0.898. The molecule has 0 aliphatic carbocycles. The van der Waals surface area contributed by atoms with Gasteiger partial charge >= 0.3 is 0 Å². The van der Waals surface area contributed by atoms with Crippen LogP contribution >= 0.6 is 0 Å². The maximum Gasteiger partial charge on any atom is 0.245 e. The van der Waals surface area contributed by atoms with Gasteiger partial charge < -0.3 is 15.1 Å². The Kier molecular flexibility index (Phi) is 4.27. The number of hydrogen-bond acceptors (Lipinski definition) is 3. The second-order valence-corrected chi connectivity index (χ2v) is 7.33. The molecule has 5 heteroatoms. The Labute approximate surface area is 143 Å². The summed E-state index contributed by atoms with van der Waals surface area (Å²) in [6.07, 6.45) is 2.13. The van der Waals surface area contributed by atoms with Crippen molar-refractivity contribution in [3.8, 4) is 0 Å². The first kappa shape index (κ1) is 15.6. The van der Waals surface area contributed by atoms with Crippen LogP contribution in [-0.2, 0) is 16.0 Å². The number of rotatable bonds is 3. The van der Waals surface area contributed by atoms with E-state index in [1.807, 2.05) is 40.1 Å². The van der Waals surface area contributed by atoms with Gasteiger partial charge in [-0.3, -0.25) is 9.59 Å². The predicted molar refractivity (Wildman–Crippen MR) is 91.3 cm³/mol. The van der Waals surface area contributed by atoms with E-state index in [4.69, 9.17) is 0 Å². The molecule has 0 radical (unpaired) electrons. The van der Waals surface area contributed by atoms with Gasteiger partial charge in [-0.2, -0.15) is 0 Å². The Balaban J connectivity index is 1.41. The van der Waals surface area contributed by atoms with Gasteiger partial charge in [0.2, 0.25) is 11.8 Å². The van der Waals surface area contributed by atoms with E-state index in [2.05, 4.69) is 5.32 Å². The van der Waals surface area contributed by atoms with Crippen LogP contribution in [0.1, 0.15) is 18.4 Å². The first-order valence-corrected chi connectivity index (χ1v) is 9.05. The highest BCUT2D eigenvalue weighted by molar-refractivity contribution is 5.89. The van der Waals surface area contributed by atoms with Gasteiger partial charge in [0.15, 0.2) is 0 Å². The zero-order valence-corrected chi connectivity index (χ0v) is 14.0. The number of amides is 2. The fourth-order valence-electron chi connectivity index (χ4n) is 4.44. The Bertz CT molecular complexity index is 606. The van der Waals surface area contributed by atoms with Gasteiger partial charge in [-0.1, -0.05) is 30.3 Å². The molecule has 5 nitrogen and oxygen atoms in total. The van der Waals surface area contributed by atoms with E-state index in [-0.39, 0.29) is 17.9 Å². The first-order valence-electron chi connectivity index (χ1n) is 9.05. The van der Waals surface area contributed by atoms with Crippen LogP contribution in [0.4, 0.5) is 0 Å². The van der Waals surface area contributed by atoms with E-state index >= 15 is 0 Å². The molecule has 24 heavy (non-hydrogen) atoms. The Morgan fingerprint density at radius 1 is 1.08 bits per heavy atom. The fraction of sp³-hybridized carbons (Fsp3) is 0.579. The molecule has 3 aliphatic rings. The van der Waals surface area contributed by atoms with Crippen LogP contribution in [-0.4, -0.2) is 60.4 Å². The van der Waals surface area contributed by atoms with E-state index in [0.29, 0.717) is 24.8 Å². The van der Waals surface area contributed by atoms with Crippen LogP contribution in [0.3, 0.4) is 0 Å². The third-order valence-electron chi connectivity index (χ3n) is 5.76. The number of carbonyl (C=O) groups excluding carboxylic acids is 2. The van der Waals surface area contributed by atoms with Gasteiger partial charge in [0.1, 0.15) is 6.04 Å². The van der Waals surface area contributed by atoms with Gasteiger partial charge in [0.25, 0.3) is 0 Å². The lowest BCUT2D eigenvalue weighted by molar-refractivity contribution is -0.143. The second-order valence-electron chi connectivity index (χ2n) is 7.33. The van der Waals surface area contributed by atoms with Gasteiger partial charge in [-0.15, -0.1) is 0 Å². The quantitative estimate of drug-likeness (QED) is 0.897. The summed E-state index contributed by atoms with van der Waals surface area (Å²) < 4.78 is 0. The SMILES string of the molecule is O=C(C1CCCN1C(=O)Cc1ccccc1)N1C[C@H]2CNC[C@H]2C1. The van der Waals surface area contributed by atoms with Crippen molar-refractivity contribution in [2.75, 3.05) is 32.7 Å². The molecule has 4 rings (SSSR count). The topological polar surface area (TPSA) is 52.7 Å². The molecule has 1 N–H and O–H groups in total. The van der Waals surface area contributed by atoms with Gasteiger partial charge in [-0.25, -0.2) is 0 Å². The number of nitrogens with one attached hydrogen (secondary N) is 1. The Morgan fingerprint density at radius 3 is 2.50 bits per heavy atom. The van der Waals surface area contributed by atoms with E-state index in [9.17, 15) is 9.59 Å². The van der Waals surface area contributed by atoms with Crippen molar-refractivity contribution in [1.82, 2.24) is 15.1 Å². The van der Waals surface area contributed by atoms with Crippen molar-refractivity contribution in [2.24, 2.45) is 11.8 Å². The Hall–Kier alpha value is -1.88. The van der Waals surface area contributed by atoms with Gasteiger partial charge in [0, 0.05) is 32.7 Å². The standard InChI is InChI=1S/C19H25N3O2/c23-18(9-14-5-2-1-3-6-14)22-8-4-7-17(22)19(24)21-12-15-10-20-11-16(15)13-21/h1-3,5-6,15-17,20H,4,7-13H2/t15-,16+,17?. The normalized spacial score (nSPS) is 29.1. The third kappa shape index (κ3) is 2.93. The van der Waals surface area contributed by atoms with E-state index in [1.165, 1.54) is 0 Å². The summed E-state index contributed by atoms with van der Waals surface area (Å²) in [7, 11) is 0. The molecule has 3 saturated heterocycles. The average Bonchev–Trinajstić information content (AvgIpc) is 3.30. The highest BCUT2D eigenvalue weighted by Gasteiger charge is 2.42. The molecule has 0 spiro atoms. The van der Waals surface area contributed by atoms with Crippen molar-refractivity contribution in [2.45, 2.75) is 25.3 Å². The zero-order chi connectivity index (χ0) is 16.5. The minimum atomic E-state index is -0.243. The largest absolute Gasteiger partial charge is 0.340 e. The lowest BCUT2D eigenvalue weighted by Gasteiger charge is -2.28. The molecule has 3 fully saturated rings. The van der Waals surface area contributed by atoms with Crippen molar-refractivity contribution >= 4 is 11.8 Å². The number of nitrogens with zero attached hydrogens (tertiary/aromatic N) is 2. The second kappa shape index (κ2) is 6.55. The smallest absolute Gasteiger partial charge is 0.245 e. The third-order valence-corrected chi connectivity index (χ3v) is 5.76. The van der Waals surface area contributed by atoms with Crippen molar-refractivity contribution in [1.29, 1.82) is 0 Å². The summed E-state index contributed by atoms with van der Waals surface area (Å²) in [4.78, 5) is 29.5. The number of hydrogen-bond donors (Lipinski definition) is 1. The summed E-state index contributed by atoms with van der Waals surface area (Å²) in [6, 6.07) is 9.56. The van der Waals surface area contributed by atoms with Crippen molar-refractivity contribution < 1.29 is 9.59 Å². The summed E-state index contributed by atoms with van der Waals surface area (Å²) in [5, 5.41) is 3.41. The van der Waals surface area contributed by atoms with Crippen LogP contribution in [0.15, 0.2) is 30.3 Å². The molecule has 128 valence electrons. The van der Waals surface area contributed by atoms with Crippen LogP contribution in [0, 0.1) is 11.8 Å². The van der Waals surface area contributed by atoms with Crippen LogP contribution in [0.2, 0.25) is 0 Å². The Morgan fingerprint density at radius 2 is 1.79 bits per heavy atom. The molecule has 0 aromatic heterocycles. The molecule has 3 atom stereocenters. The number of likely N-dealkylation sites (tertiary alicyclic amines) is 2. The average molecular weight is 327 g/mol. The minimum Gasteiger partial charge on any atom is -0.340 e. The molecule has 0 bridgehead atoms. The molecule has 1 unspecified atom stereocenters. The zero-order valence-electron chi connectivity index (χ0n) is 14.0. The van der Waals surface area contributed by atoms with Crippen molar-refractivity contribution in [3.63, 3.8) is 0 Å². The number of fused-ring (bicyclic) bond motifs is 1. The molecule has 1 aromatic carbocycles. The molecular formula is C19H25N3O2. The fourth-order valence-corrected chi connectivity index (χ4v) is 4.44. The lowest BCUT2D eigenvalue weighted by atomic mass is 10.0. The number of benzene rings is 1. The molecule has 3 heterocycles. The molecule has 3 aliphatic heterocycles. The van der Waals surface area contributed by atoms with E-state index in [0.717, 1.165) is 44.6 Å². The summed E-state index contributed by atoms with van der Waals surface area (Å²) in [6.45, 7) is 4.47. The molecule has 2 amide bonds. The maximum absolute atomic E-state index is 13.0. The van der Waals surface area contributed by atoms with Gasteiger partial charge in [-0.05, 0) is 30.2 Å². The van der Waals surface area contributed by atoms with E-state index in [1.54, 1.807) is 0 Å². The summed E-state index contributed by atoms with van der Waals surface area (Å²) in [5.74, 6) is 1.45. The van der Waals surface area contributed by atoms with Crippen LogP contribution in [0.25, 0.3) is 0 Å².